The average molecular weight is 154 g/mol. The monoisotopic (exact) mass is 154 g/mol. The molecule has 1 atom stereocenters. The van der Waals surface area contributed by atoms with Crippen LogP contribution in [0.25, 0.3) is 0 Å². The SMILES string of the molecule is C=C(OC1CCC1)C(C)CC. The van der Waals surface area contributed by atoms with Crippen molar-refractivity contribution in [3.8, 4) is 0 Å². The maximum absolute atomic E-state index is 5.64. The Hall–Kier alpha value is -0.460. The predicted octanol–water partition coefficient (Wildman–Crippen LogP) is 3.12. The molecule has 1 saturated carbocycles. The van der Waals surface area contributed by atoms with Gasteiger partial charge in [-0.15, -0.1) is 0 Å². The highest BCUT2D eigenvalue weighted by Gasteiger charge is 2.20. The highest BCUT2D eigenvalue weighted by molar-refractivity contribution is 4.90. The van der Waals surface area contributed by atoms with Gasteiger partial charge in [-0.3, -0.25) is 0 Å². The lowest BCUT2D eigenvalue weighted by Crippen LogP contribution is -2.22. The third-order valence-corrected chi connectivity index (χ3v) is 2.53. The standard InChI is InChI=1S/C10H18O/c1-4-8(2)9(3)11-10-6-5-7-10/h8,10H,3-7H2,1-2H3. The maximum atomic E-state index is 5.64. The van der Waals surface area contributed by atoms with Gasteiger partial charge in [-0.05, 0) is 25.7 Å². The molecule has 1 heteroatoms. The van der Waals surface area contributed by atoms with Gasteiger partial charge in [0.05, 0.1) is 11.9 Å². The van der Waals surface area contributed by atoms with Crippen molar-refractivity contribution in [2.45, 2.75) is 45.6 Å². The van der Waals surface area contributed by atoms with Gasteiger partial charge >= 0.3 is 0 Å². The molecule has 0 N–H and O–H groups in total. The molecule has 1 aliphatic rings. The maximum Gasteiger partial charge on any atom is 0.0982 e. The summed E-state index contributed by atoms with van der Waals surface area (Å²) in [6, 6.07) is 0. The Balaban J connectivity index is 2.19. The van der Waals surface area contributed by atoms with Crippen molar-refractivity contribution < 1.29 is 4.74 Å². The summed E-state index contributed by atoms with van der Waals surface area (Å²) < 4.78 is 5.64. The van der Waals surface area contributed by atoms with Gasteiger partial charge in [-0.2, -0.15) is 0 Å². The van der Waals surface area contributed by atoms with Gasteiger partial charge in [0.1, 0.15) is 0 Å². The molecule has 11 heavy (non-hydrogen) atoms. The first-order valence-corrected chi connectivity index (χ1v) is 4.59. The van der Waals surface area contributed by atoms with E-state index in [0.29, 0.717) is 12.0 Å². The molecule has 0 aromatic carbocycles. The van der Waals surface area contributed by atoms with Crippen molar-refractivity contribution in [2.24, 2.45) is 5.92 Å². The summed E-state index contributed by atoms with van der Waals surface area (Å²) in [4.78, 5) is 0. The summed E-state index contributed by atoms with van der Waals surface area (Å²) in [6.07, 6.45) is 5.42. The van der Waals surface area contributed by atoms with Crippen LogP contribution in [0.5, 0.6) is 0 Å². The number of rotatable bonds is 4. The summed E-state index contributed by atoms with van der Waals surface area (Å²) in [5.74, 6) is 1.51. The van der Waals surface area contributed by atoms with E-state index in [9.17, 15) is 0 Å². The molecule has 64 valence electrons. The zero-order chi connectivity index (χ0) is 8.27. The van der Waals surface area contributed by atoms with E-state index in [1.165, 1.54) is 19.3 Å². The third kappa shape index (κ3) is 2.25. The molecule has 0 radical (unpaired) electrons. The molecule has 0 heterocycles. The van der Waals surface area contributed by atoms with Crippen LogP contribution in [0.4, 0.5) is 0 Å². The van der Waals surface area contributed by atoms with E-state index in [2.05, 4.69) is 20.4 Å². The number of ether oxygens (including phenoxy) is 1. The lowest BCUT2D eigenvalue weighted by molar-refractivity contribution is 0.0381. The van der Waals surface area contributed by atoms with E-state index in [1.54, 1.807) is 0 Å². The largest absolute Gasteiger partial charge is 0.495 e. The van der Waals surface area contributed by atoms with Gasteiger partial charge < -0.3 is 4.74 Å². The number of hydrogen-bond donors (Lipinski definition) is 0. The topological polar surface area (TPSA) is 9.23 Å². The van der Waals surface area contributed by atoms with Gasteiger partial charge in [0.15, 0.2) is 0 Å². The van der Waals surface area contributed by atoms with Crippen LogP contribution < -0.4 is 0 Å². The first kappa shape index (κ1) is 8.63. The Labute approximate surface area is 69.4 Å². The molecule has 0 saturated heterocycles. The Morgan fingerprint density at radius 3 is 2.64 bits per heavy atom. The molecule has 0 bridgehead atoms. The van der Waals surface area contributed by atoms with E-state index < -0.39 is 0 Å². The molecule has 1 nitrogen and oxygen atoms in total. The molecule has 1 aliphatic carbocycles. The molecule has 1 fully saturated rings. The predicted molar refractivity (Wildman–Crippen MR) is 47.3 cm³/mol. The van der Waals surface area contributed by atoms with Gasteiger partial charge in [0, 0.05) is 5.92 Å². The highest BCUT2D eigenvalue weighted by atomic mass is 16.5. The second-order valence-corrected chi connectivity index (χ2v) is 3.45. The number of allylic oxidation sites excluding steroid dienone is 1. The second kappa shape index (κ2) is 3.80. The molecule has 0 aromatic heterocycles. The van der Waals surface area contributed by atoms with E-state index in [-0.39, 0.29) is 0 Å². The molecular weight excluding hydrogens is 136 g/mol. The summed E-state index contributed by atoms with van der Waals surface area (Å²) in [7, 11) is 0. The van der Waals surface area contributed by atoms with Gasteiger partial charge in [-0.1, -0.05) is 20.4 Å². The Kier molecular flexibility index (Phi) is 2.98. The van der Waals surface area contributed by atoms with Crippen molar-refractivity contribution in [1.82, 2.24) is 0 Å². The third-order valence-electron chi connectivity index (χ3n) is 2.53. The molecular formula is C10H18O. The summed E-state index contributed by atoms with van der Waals surface area (Å²) in [5, 5.41) is 0. The molecule has 1 rings (SSSR count). The zero-order valence-corrected chi connectivity index (χ0v) is 7.60. The van der Waals surface area contributed by atoms with Crippen LogP contribution in [-0.4, -0.2) is 6.10 Å². The van der Waals surface area contributed by atoms with Crippen LogP contribution >= 0.6 is 0 Å². The van der Waals surface area contributed by atoms with Crippen LogP contribution in [0, 0.1) is 5.92 Å². The zero-order valence-electron chi connectivity index (χ0n) is 7.60. The van der Waals surface area contributed by atoms with Crippen LogP contribution in [0.1, 0.15) is 39.5 Å². The molecule has 0 amide bonds. The fourth-order valence-corrected chi connectivity index (χ4v) is 1.05. The van der Waals surface area contributed by atoms with Gasteiger partial charge in [-0.25, -0.2) is 0 Å². The van der Waals surface area contributed by atoms with Crippen molar-refractivity contribution in [3.63, 3.8) is 0 Å². The van der Waals surface area contributed by atoms with E-state index in [1.807, 2.05) is 0 Å². The molecule has 1 unspecified atom stereocenters. The molecule has 0 aromatic rings. The van der Waals surface area contributed by atoms with Crippen LogP contribution in [0.3, 0.4) is 0 Å². The lowest BCUT2D eigenvalue weighted by atomic mass is 9.96. The average Bonchev–Trinajstić information content (AvgIpc) is 1.94. The molecule has 0 spiro atoms. The van der Waals surface area contributed by atoms with E-state index in [4.69, 9.17) is 4.74 Å². The highest BCUT2D eigenvalue weighted by Crippen LogP contribution is 2.26. The summed E-state index contributed by atoms with van der Waals surface area (Å²) >= 11 is 0. The minimum atomic E-state index is 0.497. The van der Waals surface area contributed by atoms with Gasteiger partial charge in [0.25, 0.3) is 0 Å². The first-order chi connectivity index (χ1) is 5.24. The fraction of sp³-hybridized carbons (Fsp3) is 0.800. The van der Waals surface area contributed by atoms with Crippen molar-refractivity contribution >= 4 is 0 Å². The Bertz CT molecular complexity index is 136. The summed E-state index contributed by atoms with van der Waals surface area (Å²) in [6.45, 7) is 8.26. The number of hydrogen-bond acceptors (Lipinski definition) is 1. The quantitative estimate of drug-likeness (QED) is 0.565. The van der Waals surface area contributed by atoms with Gasteiger partial charge in [0.2, 0.25) is 0 Å². The molecule has 0 aliphatic heterocycles. The van der Waals surface area contributed by atoms with Crippen LogP contribution in [0.2, 0.25) is 0 Å². The fourth-order valence-electron chi connectivity index (χ4n) is 1.05. The van der Waals surface area contributed by atoms with E-state index in [0.717, 1.165) is 12.2 Å². The van der Waals surface area contributed by atoms with Crippen LogP contribution in [-0.2, 0) is 4.74 Å². The normalized spacial score (nSPS) is 20.5. The smallest absolute Gasteiger partial charge is 0.0982 e. The van der Waals surface area contributed by atoms with Crippen molar-refractivity contribution in [3.05, 3.63) is 12.3 Å². The minimum Gasteiger partial charge on any atom is -0.495 e. The van der Waals surface area contributed by atoms with E-state index >= 15 is 0 Å². The minimum absolute atomic E-state index is 0.497. The van der Waals surface area contributed by atoms with Crippen molar-refractivity contribution in [1.29, 1.82) is 0 Å². The Morgan fingerprint density at radius 2 is 2.27 bits per heavy atom. The first-order valence-electron chi connectivity index (χ1n) is 4.59. The van der Waals surface area contributed by atoms with Crippen LogP contribution in [0.15, 0.2) is 12.3 Å². The van der Waals surface area contributed by atoms with Crippen molar-refractivity contribution in [2.75, 3.05) is 0 Å². The summed E-state index contributed by atoms with van der Waals surface area (Å²) in [5.41, 5.74) is 0. The second-order valence-electron chi connectivity index (χ2n) is 3.45. The lowest BCUT2D eigenvalue weighted by Gasteiger charge is -2.29. The Morgan fingerprint density at radius 1 is 1.64 bits per heavy atom.